The summed E-state index contributed by atoms with van der Waals surface area (Å²) in [5, 5.41) is 12.0. The van der Waals surface area contributed by atoms with Gasteiger partial charge in [-0.1, -0.05) is 11.6 Å². The van der Waals surface area contributed by atoms with Gasteiger partial charge in [0.25, 0.3) is 6.43 Å². The molecule has 0 aromatic carbocycles. The van der Waals surface area contributed by atoms with Crippen molar-refractivity contribution in [3.05, 3.63) is 28.8 Å². The first-order valence-corrected chi connectivity index (χ1v) is 5.27. The molecule has 5 nitrogen and oxygen atoms in total. The number of aromatic nitrogens is 5. The van der Waals surface area contributed by atoms with E-state index in [1.807, 2.05) is 0 Å². The van der Waals surface area contributed by atoms with E-state index in [0.29, 0.717) is 17.7 Å². The maximum absolute atomic E-state index is 12.2. The highest BCUT2D eigenvalue weighted by Crippen LogP contribution is 2.17. The lowest BCUT2D eigenvalue weighted by molar-refractivity contribution is 0.122. The summed E-state index contributed by atoms with van der Waals surface area (Å²) in [6, 6.07) is 0. The normalized spacial score (nSPS) is 11.4. The molecule has 2 heterocycles. The lowest BCUT2D eigenvalue weighted by Gasteiger charge is -1.97. The van der Waals surface area contributed by atoms with E-state index >= 15 is 0 Å². The Hall–Kier alpha value is -1.50. The summed E-state index contributed by atoms with van der Waals surface area (Å²) in [4.78, 5) is 1.42. The zero-order chi connectivity index (χ0) is 12.4. The van der Waals surface area contributed by atoms with Crippen LogP contribution >= 0.6 is 11.6 Å². The number of hydrogen-bond acceptors (Lipinski definition) is 3. The molecule has 0 spiro atoms. The van der Waals surface area contributed by atoms with Crippen LogP contribution in [0, 0.1) is 0 Å². The molecule has 0 fully saturated rings. The van der Waals surface area contributed by atoms with E-state index in [2.05, 4.69) is 15.3 Å². The molecule has 2 aromatic rings. The summed E-state index contributed by atoms with van der Waals surface area (Å²) < 4.78 is 25.5. The smallest absolute Gasteiger partial charge is 0.257 e. The van der Waals surface area contributed by atoms with Crippen molar-refractivity contribution in [2.75, 3.05) is 0 Å². The molecule has 2 rings (SSSR count). The van der Waals surface area contributed by atoms with Crippen molar-refractivity contribution in [1.29, 1.82) is 0 Å². The quantitative estimate of drug-likeness (QED) is 0.838. The average molecular weight is 262 g/mol. The summed E-state index contributed by atoms with van der Waals surface area (Å²) in [6.07, 6.45) is 1.08. The predicted octanol–water partition coefficient (Wildman–Crippen LogP) is 1.52. The van der Waals surface area contributed by atoms with Crippen molar-refractivity contribution in [3.8, 4) is 0 Å². The predicted molar refractivity (Wildman–Crippen MR) is 57.1 cm³/mol. The molecule has 0 unspecified atom stereocenters. The first-order valence-electron chi connectivity index (χ1n) is 4.90. The van der Waals surface area contributed by atoms with E-state index in [9.17, 15) is 8.78 Å². The monoisotopic (exact) mass is 261 g/mol. The molecule has 0 amide bonds. The highest BCUT2D eigenvalue weighted by atomic mass is 35.5. The van der Waals surface area contributed by atoms with Crippen LogP contribution < -0.4 is 0 Å². The average Bonchev–Trinajstić information content (AvgIpc) is 2.74. The Balaban J connectivity index is 2.13. The van der Waals surface area contributed by atoms with Crippen LogP contribution in [0.4, 0.5) is 8.78 Å². The standard InChI is InChI=1S/C9H10ClF2N5/c1-16-13-3-7(14-16)2-6-4-17(5-8(11)12)15-9(6)10/h3-4,8H,2,5H2,1H3. The van der Waals surface area contributed by atoms with Crippen molar-refractivity contribution >= 4 is 11.6 Å². The van der Waals surface area contributed by atoms with Gasteiger partial charge >= 0.3 is 0 Å². The van der Waals surface area contributed by atoms with Gasteiger partial charge in [-0.2, -0.15) is 20.1 Å². The molecule has 0 radical (unpaired) electrons. The Morgan fingerprint density at radius 2 is 2.18 bits per heavy atom. The third kappa shape index (κ3) is 3.00. The minimum absolute atomic E-state index is 0.219. The lowest BCUT2D eigenvalue weighted by atomic mass is 10.2. The third-order valence-electron chi connectivity index (χ3n) is 2.13. The molecular weight excluding hydrogens is 252 g/mol. The van der Waals surface area contributed by atoms with Gasteiger partial charge in [0.15, 0.2) is 5.15 Å². The van der Waals surface area contributed by atoms with E-state index in [1.54, 1.807) is 13.2 Å². The summed E-state index contributed by atoms with van der Waals surface area (Å²) in [5.74, 6) is 0. The second kappa shape index (κ2) is 4.79. The van der Waals surface area contributed by atoms with Crippen LogP contribution in [0.5, 0.6) is 0 Å². The fraction of sp³-hybridized carbons (Fsp3) is 0.444. The second-order valence-corrected chi connectivity index (χ2v) is 3.92. The number of hydrogen-bond donors (Lipinski definition) is 0. The molecule has 0 aliphatic rings. The minimum Gasteiger partial charge on any atom is -0.265 e. The molecule has 0 saturated heterocycles. The zero-order valence-corrected chi connectivity index (χ0v) is 9.77. The minimum atomic E-state index is -2.45. The maximum atomic E-state index is 12.2. The Kier molecular flexibility index (Phi) is 3.37. The molecule has 17 heavy (non-hydrogen) atoms. The molecule has 0 saturated carbocycles. The number of aryl methyl sites for hydroxylation is 1. The molecule has 0 atom stereocenters. The van der Waals surface area contributed by atoms with Gasteiger partial charge in [0.05, 0.1) is 11.9 Å². The van der Waals surface area contributed by atoms with Gasteiger partial charge in [-0.25, -0.2) is 8.78 Å². The summed E-state index contributed by atoms with van der Waals surface area (Å²) in [7, 11) is 1.70. The third-order valence-corrected chi connectivity index (χ3v) is 2.45. The first kappa shape index (κ1) is 12.0. The first-order chi connectivity index (χ1) is 8.04. The van der Waals surface area contributed by atoms with Crippen molar-refractivity contribution in [2.24, 2.45) is 7.05 Å². The van der Waals surface area contributed by atoms with Gasteiger partial charge in [-0.3, -0.25) is 4.68 Å². The lowest BCUT2D eigenvalue weighted by Crippen LogP contribution is -2.06. The molecule has 0 N–H and O–H groups in total. The summed E-state index contributed by atoms with van der Waals surface area (Å²) >= 11 is 5.85. The van der Waals surface area contributed by atoms with Crippen LogP contribution in [0.2, 0.25) is 5.15 Å². The largest absolute Gasteiger partial charge is 0.265 e. The highest BCUT2D eigenvalue weighted by molar-refractivity contribution is 6.30. The van der Waals surface area contributed by atoms with Crippen LogP contribution in [0.1, 0.15) is 11.3 Å². The maximum Gasteiger partial charge on any atom is 0.257 e. The van der Waals surface area contributed by atoms with Crippen LogP contribution in [0.15, 0.2) is 12.4 Å². The number of nitrogens with zero attached hydrogens (tertiary/aromatic N) is 5. The van der Waals surface area contributed by atoms with E-state index in [-0.39, 0.29) is 5.15 Å². The SMILES string of the molecule is Cn1ncc(Cc2cn(CC(F)F)nc2Cl)n1. The number of halogens is 3. The summed E-state index contributed by atoms with van der Waals surface area (Å²) in [6.45, 7) is -0.458. The van der Waals surface area contributed by atoms with Crippen LogP contribution in [-0.4, -0.2) is 31.2 Å². The van der Waals surface area contributed by atoms with E-state index in [1.165, 1.54) is 11.0 Å². The van der Waals surface area contributed by atoms with Gasteiger partial charge in [0, 0.05) is 25.2 Å². The fourth-order valence-corrected chi connectivity index (χ4v) is 1.67. The van der Waals surface area contributed by atoms with Gasteiger partial charge in [0.1, 0.15) is 6.54 Å². The van der Waals surface area contributed by atoms with Gasteiger partial charge in [-0.15, -0.1) is 0 Å². The van der Waals surface area contributed by atoms with Gasteiger partial charge < -0.3 is 0 Å². The number of rotatable bonds is 4. The zero-order valence-electron chi connectivity index (χ0n) is 9.02. The van der Waals surface area contributed by atoms with Crippen molar-refractivity contribution < 1.29 is 8.78 Å². The second-order valence-electron chi connectivity index (χ2n) is 3.56. The Bertz CT molecular complexity index is 507. The molecule has 8 heteroatoms. The van der Waals surface area contributed by atoms with Crippen molar-refractivity contribution in [2.45, 2.75) is 19.4 Å². The Morgan fingerprint density at radius 3 is 2.76 bits per heavy atom. The summed E-state index contributed by atoms with van der Waals surface area (Å²) in [5.41, 5.74) is 1.37. The molecule has 0 bridgehead atoms. The van der Waals surface area contributed by atoms with Crippen LogP contribution in [-0.2, 0) is 20.0 Å². The van der Waals surface area contributed by atoms with Crippen LogP contribution in [0.3, 0.4) is 0 Å². The molecule has 0 aliphatic carbocycles. The molecule has 2 aromatic heterocycles. The fourth-order valence-electron chi connectivity index (χ4n) is 1.46. The highest BCUT2D eigenvalue weighted by Gasteiger charge is 2.12. The molecule has 92 valence electrons. The number of alkyl halides is 2. The van der Waals surface area contributed by atoms with Crippen molar-refractivity contribution in [1.82, 2.24) is 24.8 Å². The van der Waals surface area contributed by atoms with Crippen molar-refractivity contribution in [3.63, 3.8) is 0 Å². The Labute approximate surface area is 101 Å². The molecule has 0 aliphatic heterocycles. The van der Waals surface area contributed by atoms with E-state index < -0.39 is 13.0 Å². The van der Waals surface area contributed by atoms with E-state index in [4.69, 9.17) is 11.6 Å². The Morgan fingerprint density at radius 1 is 1.41 bits per heavy atom. The van der Waals surface area contributed by atoms with Gasteiger partial charge in [-0.05, 0) is 0 Å². The van der Waals surface area contributed by atoms with Gasteiger partial charge in [0.2, 0.25) is 0 Å². The topological polar surface area (TPSA) is 48.5 Å². The van der Waals surface area contributed by atoms with Crippen LogP contribution in [0.25, 0.3) is 0 Å². The van der Waals surface area contributed by atoms with E-state index in [0.717, 1.165) is 4.68 Å². The molecular formula is C9H10ClF2N5.